The van der Waals surface area contributed by atoms with Crippen molar-refractivity contribution in [2.24, 2.45) is 5.92 Å². The van der Waals surface area contributed by atoms with Crippen LogP contribution in [0, 0.1) is 11.3 Å². The number of hydrogen-bond acceptors (Lipinski definition) is 6. The van der Waals surface area contributed by atoms with Crippen molar-refractivity contribution in [3.05, 3.63) is 0 Å². The molecule has 3 rings (SSSR count). The number of urea groups is 1. The molecule has 0 aromatic heterocycles. The maximum Gasteiger partial charge on any atom is 0.410 e. The second kappa shape index (κ2) is 7.57. The third-order valence-corrected chi connectivity index (χ3v) is 5.45. The Morgan fingerprint density at radius 1 is 1.18 bits per heavy atom. The van der Waals surface area contributed by atoms with Crippen LogP contribution in [0.2, 0.25) is 0 Å². The topological polar surface area (TPSA) is 126 Å². The number of likely N-dealkylation sites (tertiary alicyclic amines) is 1. The van der Waals surface area contributed by atoms with Crippen molar-refractivity contribution in [2.45, 2.75) is 64.1 Å². The molecule has 0 aliphatic carbocycles. The second-order valence-corrected chi connectivity index (χ2v) is 8.67. The van der Waals surface area contributed by atoms with E-state index < -0.39 is 17.7 Å². The highest BCUT2D eigenvalue weighted by molar-refractivity contribution is 6.01. The average Bonchev–Trinajstić information content (AvgIpc) is 2.84. The number of carbonyl (C=O) groups excluding carboxylic acids is 3. The van der Waals surface area contributed by atoms with Crippen molar-refractivity contribution in [3.63, 3.8) is 0 Å². The summed E-state index contributed by atoms with van der Waals surface area (Å²) in [6.45, 7) is 6.65. The molecule has 0 radical (unpaired) electrons. The summed E-state index contributed by atoms with van der Waals surface area (Å²) in [7, 11) is 0. The molecule has 10 nitrogen and oxygen atoms in total. The van der Waals surface area contributed by atoms with Gasteiger partial charge in [-0.15, -0.1) is 0 Å². The molecule has 0 saturated carbocycles. The van der Waals surface area contributed by atoms with Gasteiger partial charge in [0.15, 0.2) is 0 Å². The summed E-state index contributed by atoms with van der Waals surface area (Å²) in [6, 6.07) is -1.27. The van der Waals surface area contributed by atoms with Gasteiger partial charge in [-0.25, -0.2) is 14.7 Å². The Labute approximate surface area is 164 Å². The number of nitrogens with zero attached hydrogens (tertiary/aromatic N) is 3. The molecule has 28 heavy (non-hydrogen) atoms. The van der Waals surface area contributed by atoms with Crippen LogP contribution in [0.4, 0.5) is 9.59 Å². The van der Waals surface area contributed by atoms with E-state index in [4.69, 9.17) is 10.1 Å². The Kier molecular flexibility index (Phi) is 5.51. The lowest BCUT2D eigenvalue weighted by Gasteiger charge is -2.34. The molecule has 0 unspecified atom stereocenters. The van der Waals surface area contributed by atoms with Crippen LogP contribution in [0.15, 0.2) is 0 Å². The van der Waals surface area contributed by atoms with Crippen molar-refractivity contribution in [1.29, 1.82) is 5.41 Å². The zero-order valence-electron chi connectivity index (χ0n) is 16.6. The van der Waals surface area contributed by atoms with Crippen LogP contribution in [-0.2, 0) is 9.53 Å². The van der Waals surface area contributed by atoms with E-state index in [9.17, 15) is 19.6 Å². The van der Waals surface area contributed by atoms with Crippen LogP contribution in [0.25, 0.3) is 0 Å². The molecule has 2 bridgehead atoms. The van der Waals surface area contributed by atoms with Gasteiger partial charge in [0.2, 0.25) is 5.91 Å². The predicted molar refractivity (Wildman–Crippen MR) is 98.9 cm³/mol. The standard InChI is InChI=1S/C18H29N5O5/c1-18(2,3)28-17(26)21-8-6-11(7-9-21)15(24)20-14(19)13-5-4-12-10-22(13)16(25)23(12)27/h11-13,27H,4-10H2,1-3H3,(H2,19,20,24)/t12-,13+/m1/s1. The average molecular weight is 395 g/mol. The number of hydroxylamine groups is 2. The molecule has 0 aromatic rings. The van der Waals surface area contributed by atoms with Crippen LogP contribution in [0.3, 0.4) is 0 Å². The highest BCUT2D eigenvalue weighted by Crippen LogP contribution is 2.28. The second-order valence-electron chi connectivity index (χ2n) is 8.67. The Morgan fingerprint density at radius 3 is 2.43 bits per heavy atom. The van der Waals surface area contributed by atoms with Gasteiger partial charge in [0, 0.05) is 25.6 Å². The van der Waals surface area contributed by atoms with E-state index >= 15 is 0 Å². The first kappa shape index (κ1) is 20.4. The Balaban J connectivity index is 1.49. The summed E-state index contributed by atoms with van der Waals surface area (Å²) in [6.07, 6.45) is 1.74. The van der Waals surface area contributed by atoms with Gasteiger partial charge in [-0.05, 0) is 46.5 Å². The highest BCUT2D eigenvalue weighted by Gasteiger charge is 2.46. The number of ether oxygens (including phenoxy) is 1. The molecule has 3 fully saturated rings. The molecule has 156 valence electrons. The number of piperidine rings is 2. The molecule has 2 atom stereocenters. The number of fused-ring (bicyclic) bond motifs is 2. The molecule has 3 N–H and O–H groups in total. The molecular formula is C18H29N5O5. The highest BCUT2D eigenvalue weighted by atomic mass is 16.6. The van der Waals surface area contributed by atoms with E-state index in [2.05, 4.69) is 5.32 Å². The van der Waals surface area contributed by atoms with E-state index in [1.54, 1.807) is 4.90 Å². The molecule has 3 aliphatic heterocycles. The van der Waals surface area contributed by atoms with Gasteiger partial charge in [0.1, 0.15) is 11.4 Å². The van der Waals surface area contributed by atoms with Gasteiger partial charge in [-0.3, -0.25) is 15.4 Å². The lowest BCUT2D eigenvalue weighted by atomic mass is 9.95. The molecule has 3 saturated heterocycles. The largest absolute Gasteiger partial charge is 0.444 e. The van der Waals surface area contributed by atoms with Crippen LogP contribution in [0.1, 0.15) is 46.5 Å². The monoisotopic (exact) mass is 395 g/mol. The summed E-state index contributed by atoms with van der Waals surface area (Å²) < 4.78 is 5.35. The minimum absolute atomic E-state index is 0.0123. The Hall–Kier alpha value is -2.36. The molecule has 0 aromatic carbocycles. The fraction of sp³-hybridized carbons (Fsp3) is 0.778. The van der Waals surface area contributed by atoms with Gasteiger partial charge in [0.05, 0.1) is 12.1 Å². The Bertz CT molecular complexity index is 668. The van der Waals surface area contributed by atoms with Crippen LogP contribution in [0.5, 0.6) is 0 Å². The normalized spacial score (nSPS) is 25.7. The first-order valence-electron chi connectivity index (χ1n) is 9.73. The zero-order chi connectivity index (χ0) is 20.6. The first-order chi connectivity index (χ1) is 13.1. The van der Waals surface area contributed by atoms with Crippen molar-refractivity contribution < 1.29 is 24.3 Å². The van der Waals surface area contributed by atoms with E-state index in [1.807, 2.05) is 20.8 Å². The number of nitrogens with one attached hydrogen (secondary N) is 2. The molecular weight excluding hydrogens is 366 g/mol. The maximum atomic E-state index is 12.6. The molecule has 4 amide bonds. The first-order valence-corrected chi connectivity index (χ1v) is 9.73. The lowest BCUT2D eigenvalue weighted by Crippen LogP contribution is -2.52. The predicted octanol–water partition coefficient (Wildman–Crippen LogP) is 1.38. The molecule has 3 heterocycles. The third-order valence-electron chi connectivity index (χ3n) is 5.45. The summed E-state index contributed by atoms with van der Waals surface area (Å²) in [5.41, 5.74) is -0.559. The SMILES string of the molecule is CC(C)(C)OC(=O)N1CCC(C(=O)NC(=N)[C@@H]2CC[C@@H]3CN2C(=O)N3O)CC1. The van der Waals surface area contributed by atoms with Gasteiger partial charge in [-0.1, -0.05) is 0 Å². The fourth-order valence-electron chi connectivity index (χ4n) is 3.92. The van der Waals surface area contributed by atoms with Gasteiger partial charge in [-0.2, -0.15) is 0 Å². The quantitative estimate of drug-likeness (QED) is 0.370. The van der Waals surface area contributed by atoms with Gasteiger partial charge in [0.25, 0.3) is 0 Å². The van der Waals surface area contributed by atoms with Crippen molar-refractivity contribution in [2.75, 3.05) is 19.6 Å². The molecule has 0 spiro atoms. The number of amides is 4. The summed E-state index contributed by atoms with van der Waals surface area (Å²) in [5.74, 6) is -0.566. The maximum absolute atomic E-state index is 12.6. The third kappa shape index (κ3) is 4.21. The van der Waals surface area contributed by atoms with Crippen LogP contribution < -0.4 is 5.32 Å². The van der Waals surface area contributed by atoms with Crippen molar-refractivity contribution in [3.8, 4) is 0 Å². The lowest BCUT2D eigenvalue weighted by molar-refractivity contribution is -0.125. The molecule has 10 heteroatoms. The van der Waals surface area contributed by atoms with Crippen LogP contribution >= 0.6 is 0 Å². The number of carbonyl (C=O) groups is 3. The van der Waals surface area contributed by atoms with E-state index in [-0.39, 0.29) is 29.8 Å². The fourth-order valence-corrected chi connectivity index (χ4v) is 3.92. The number of hydrogen-bond donors (Lipinski definition) is 3. The molecule has 3 aliphatic rings. The smallest absolute Gasteiger partial charge is 0.410 e. The minimum atomic E-state index is -0.559. The van der Waals surface area contributed by atoms with E-state index in [0.717, 1.165) is 5.06 Å². The van der Waals surface area contributed by atoms with E-state index in [1.165, 1.54) is 4.90 Å². The summed E-state index contributed by atoms with van der Waals surface area (Å²) in [5, 5.41) is 21.3. The Morgan fingerprint density at radius 2 is 1.82 bits per heavy atom. The van der Waals surface area contributed by atoms with Crippen molar-refractivity contribution >= 4 is 23.9 Å². The number of rotatable bonds is 2. The van der Waals surface area contributed by atoms with Crippen molar-refractivity contribution in [1.82, 2.24) is 20.2 Å². The minimum Gasteiger partial charge on any atom is -0.444 e. The van der Waals surface area contributed by atoms with Gasteiger partial charge >= 0.3 is 12.1 Å². The zero-order valence-corrected chi connectivity index (χ0v) is 16.6. The summed E-state index contributed by atoms with van der Waals surface area (Å²) >= 11 is 0. The summed E-state index contributed by atoms with van der Waals surface area (Å²) in [4.78, 5) is 39.7. The number of amidine groups is 1. The van der Waals surface area contributed by atoms with Gasteiger partial charge < -0.3 is 19.9 Å². The van der Waals surface area contributed by atoms with E-state index in [0.29, 0.717) is 45.3 Å². The van der Waals surface area contributed by atoms with Crippen LogP contribution in [-0.4, -0.2) is 81.3 Å².